The zero-order valence-corrected chi connectivity index (χ0v) is 12.3. The Morgan fingerprint density at radius 1 is 1.05 bits per heavy atom. The maximum absolute atomic E-state index is 11.9. The van der Waals surface area contributed by atoms with Gasteiger partial charge in [0.2, 0.25) is 5.91 Å². The Hall–Kier alpha value is -1.47. The highest BCUT2D eigenvalue weighted by Crippen LogP contribution is 2.14. The lowest BCUT2D eigenvalue weighted by molar-refractivity contribution is -0.139. The van der Waals surface area contributed by atoms with Gasteiger partial charge in [0.15, 0.2) is 0 Å². The van der Waals surface area contributed by atoms with E-state index in [0.29, 0.717) is 0 Å². The minimum Gasteiger partial charge on any atom is -0.444 e. The molecule has 0 radical (unpaired) electrons. The summed E-state index contributed by atoms with van der Waals surface area (Å²) in [6.07, 6.45) is -5.48. The summed E-state index contributed by atoms with van der Waals surface area (Å²) in [5.41, 5.74) is -1.71. The van der Waals surface area contributed by atoms with Crippen molar-refractivity contribution < 1.29 is 27.5 Å². The van der Waals surface area contributed by atoms with Gasteiger partial charge in [-0.2, -0.15) is 13.2 Å². The van der Waals surface area contributed by atoms with Crippen LogP contribution in [0.1, 0.15) is 41.0 Å². The van der Waals surface area contributed by atoms with Crippen molar-refractivity contribution in [2.75, 3.05) is 6.54 Å². The molecule has 5 nitrogen and oxygen atoms in total. The van der Waals surface area contributed by atoms with E-state index in [0.717, 1.165) is 0 Å². The summed E-state index contributed by atoms with van der Waals surface area (Å²) < 4.78 is 40.8. The lowest BCUT2D eigenvalue weighted by Gasteiger charge is -2.28. The van der Waals surface area contributed by atoms with Crippen LogP contribution < -0.4 is 10.6 Å². The summed E-state index contributed by atoms with van der Waals surface area (Å²) in [5.74, 6) is -0.802. The first-order valence-corrected chi connectivity index (χ1v) is 6.05. The van der Waals surface area contributed by atoms with Crippen molar-refractivity contribution in [1.82, 2.24) is 10.6 Å². The van der Waals surface area contributed by atoms with Crippen LogP contribution in [0.3, 0.4) is 0 Å². The molecule has 0 saturated carbocycles. The van der Waals surface area contributed by atoms with Gasteiger partial charge in [0.05, 0.1) is 0 Å². The van der Waals surface area contributed by atoms with Gasteiger partial charge >= 0.3 is 12.3 Å². The third kappa shape index (κ3) is 10.5. The second-order valence-corrected chi connectivity index (χ2v) is 6.08. The normalized spacial score (nSPS) is 12.8. The molecular weight excluding hydrogens is 277 g/mol. The third-order valence-corrected chi connectivity index (χ3v) is 1.93. The molecule has 0 aliphatic rings. The molecule has 0 bridgehead atoms. The SMILES string of the molecule is CC(C)(CC(=O)NCC(F)(F)F)NC(=O)OC(C)(C)C. The number of amides is 2. The minimum atomic E-state index is -4.46. The van der Waals surface area contributed by atoms with E-state index in [9.17, 15) is 22.8 Å². The standard InChI is InChI=1S/C12H21F3N2O3/c1-10(2,3)20-9(19)17-11(4,5)6-8(18)16-7-12(13,14)15/h6-7H2,1-5H3,(H,16,18)(H,17,19). The van der Waals surface area contributed by atoms with Crippen LogP contribution in [0.15, 0.2) is 0 Å². The van der Waals surface area contributed by atoms with E-state index in [1.165, 1.54) is 13.8 Å². The predicted octanol–water partition coefficient (Wildman–Crippen LogP) is 2.36. The van der Waals surface area contributed by atoms with E-state index in [1.54, 1.807) is 26.1 Å². The summed E-state index contributed by atoms with van der Waals surface area (Å²) in [5, 5.41) is 4.18. The fourth-order valence-corrected chi connectivity index (χ4v) is 1.29. The molecule has 0 unspecified atom stereocenters. The van der Waals surface area contributed by atoms with Gasteiger partial charge in [0.25, 0.3) is 0 Å². The van der Waals surface area contributed by atoms with Gasteiger partial charge < -0.3 is 15.4 Å². The van der Waals surface area contributed by atoms with Crippen LogP contribution >= 0.6 is 0 Å². The van der Waals surface area contributed by atoms with Gasteiger partial charge in [-0.15, -0.1) is 0 Å². The molecule has 0 aromatic rings. The largest absolute Gasteiger partial charge is 0.444 e. The average Bonchev–Trinajstić information content (AvgIpc) is 2.07. The molecule has 0 fully saturated rings. The number of halogens is 3. The molecule has 0 aliphatic heterocycles. The Bertz CT molecular complexity index is 360. The van der Waals surface area contributed by atoms with Crippen molar-refractivity contribution in [2.45, 2.75) is 58.4 Å². The second kappa shape index (κ2) is 6.32. The van der Waals surface area contributed by atoms with Gasteiger partial charge in [-0.1, -0.05) is 0 Å². The molecule has 0 atom stereocenters. The van der Waals surface area contributed by atoms with Crippen molar-refractivity contribution in [3.63, 3.8) is 0 Å². The van der Waals surface area contributed by atoms with Crippen molar-refractivity contribution in [3.05, 3.63) is 0 Å². The highest BCUT2D eigenvalue weighted by Gasteiger charge is 2.30. The van der Waals surface area contributed by atoms with Crippen LogP contribution in [0, 0.1) is 0 Å². The number of rotatable bonds is 4. The van der Waals surface area contributed by atoms with Crippen molar-refractivity contribution in [1.29, 1.82) is 0 Å². The van der Waals surface area contributed by atoms with Gasteiger partial charge in [-0.05, 0) is 34.6 Å². The molecule has 2 amide bonds. The van der Waals surface area contributed by atoms with E-state index < -0.39 is 35.9 Å². The number of alkyl halides is 3. The first-order chi connectivity index (χ1) is 8.70. The van der Waals surface area contributed by atoms with E-state index in [4.69, 9.17) is 4.74 Å². The molecule has 0 aliphatic carbocycles. The van der Waals surface area contributed by atoms with E-state index in [1.807, 2.05) is 0 Å². The average molecular weight is 298 g/mol. The molecule has 0 spiro atoms. The van der Waals surface area contributed by atoms with Crippen LogP contribution in [0.4, 0.5) is 18.0 Å². The molecule has 0 saturated heterocycles. The maximum Gasteiger partial charge on any atom is 0.408 e. The third-order valence-electron chi connectivity index (χ3n) is 1.93. The maximum atomic E-state index is 11.9. The minimum absolute atomic E-state index is 0.289. The van der Waals surface area contributed by atoms with E-state index >= 15 is 0 Å². The summed E-state index contributed by atoms with van der Waals surface area (Å²) >= 11 is 0. The van der Waals surface area contributed by atoms with Gasteiger partial charge in [-0.25, -0.2) is 4.79 Å². The molecule has 0 rings (SSSR count). The zero-order valence-electron chi connectivity index (χ0n) is 12.3. The van der Waals surface area contributed by atoms with Gasteiger partial charge in [-0.3, -0.25) is 4.79 Å². The fourth-order valence-electron chi connectivity index (χ4n) is 1.29. The first kappa shape index (κ1) is 18.5. The molecule has 2 N–H and O–H groups in total. The highest BCUT2D eigenvalue weighted by molar-refractivity contribution is 5.78. The number of hydrogen-bond donors (Lipinski definition) is 2. The predicted molar refractivity (Wildman–Crippen MR) is 67.1 cm³/mol. The van der Waals surface area contributed by atoms with Crippen molar-refractivity contribution >= 4 is 12.0 Å². The van der Waals surface area contributed by atoms with Crippen molar-refractivity contribution in [2.24, 2.45) is 0 Å². The number of ether oxygens (including phenoxy) is 1. The number of carbonyl (C=O) groups is 2. The molecule has 0 aromatic heterocycles. The summed E-state index contributed by atoms with van der Waals surface area (Å²) in [7, 11) is 0. The Morgan fingerprint density at radius 2 is 1.55 bits per heavy atom. The van der Waals surface area contributed by atoms with E-state index in [-0.39, 0.29) is 6.42 Å². The topological polar surface area (TPSA) is 67.4 Å². The van der Waals surface area contributed by atoms with Crippen LogP contribution in [0.25, 0.3) is 0 Å². The molecular formula is C12H21F3N2O3. The number of nitrogens with one attached hydrogen (secondary N) is 2. The molecule has 8 heteroatoms. The van der Waals surface area contributed by atoms with Gasteiger partial charge in [0.1, 0.15) is 12.1 Å². The Balaban J connectivity index is 4.31. The summed E-state index contributed by atoms with van der Waals surface area (Å²) in [4.78, 5) is 22.9. The fraction of sp³-hybridized carbons (Fsp3) is 0.833. The van der Waals surface area contributed by atoms with Crippen molar-refractivity contribution in [3.8, 4) is 0 Å². The van der Waals surface area contributed by atoms with E-state index in [2.05, 4.69) is 5.32 Å². The van der Waals surface area contributed by atoms with Crippen LogP contribution in [-0.4, -0.2) is 35.9 Å². The number of carbonyl (C=O) groups excluding carboxylic acids is 2. The number of hydrogen-bond acceptors (Lipinski definition) is 3. The molecule has 0 heterocycles. The highest BCUT2D eigenvalue weighted by atomic mass is 19.4. The first-order valence-electron chi connectivity index (χ1n) is 6.05. The zero-order chi connectivity index (χ0) is 16.2. The lowest BCUT2D eigenvalue weighted by Crippen LogP contribution is -2.49. The Morgan fingerprint density at radius 3 is 1.95 bits per heavy atom. The van der Waals surface area contributed by atoms with Crippen LogP contribution in [-0.2, 0) is 9.53 Å². The number of alkyl carbamates (subject to hydrolysis) is 1. The Kier molecular flexibility index (Phi) is 5.86. The van der Waals surface area contributed by atoms with Crippen LogP contribution in [0.5, 0.6) is 0 Å². The monoisotopic (exact) mass is 298 g/mol. The quantitative estimate of drug-likeness (QED) is 0.837. The lowest BCUT2D eigenvalue weighted by atomic mass is 10.0. The molecule has 118 valence electrons. The summed E-state index contributed by atoms with van der Waals surface area (Å²) in [6, 6.07) is 0. The smallest absolute Gasteiger partial charge is 0.408 e. The summed E-state index contributed by atoms with van der Waals surface area (Å²) in [6.45, 7) is 6.67. The molecule has 20 heavy (non-hydrogen) atoms. The Labute approximate surface area is 116 Å². The molecule has 0 aromatic carbocycles. The van der Waals surface area contributed by atoms with Crippen LogP contribution in [0.2, 0.25) is 0 Å². The second-order valence-electron chi connectivity index (χ2n) is 6.08. The van der Waals surface area contributed by atoms with Gasteiger partial charge in [0, 0.05) is 12.0 Å².